The predicted molar refractivity (Wildman–Crippen MR) is 183 cm³/mol. The molecule has 0 saturated heterocycles. The standard InChI is InChI=1S/C21H19.C17H15.C2H6Si.2ClH.Zr/c1-3-8-16(9-4-1)19-14-18-12-7-13-20(21(18)15-19)17-10-5-2-6-11-17;1-12-10-16-13(2)8-9-15(17(16)11-12)14-6-4-3-5-7-14;1-3-2;;;/h1-3,5-7,10-16H,4,8-9H2;3-11H,1-2H3;1-2H3;2*1H;/q2*-1;;;;+2/p-2. The summed E-state index contributed by atoms with van der Waals surface area (Å²) < 4.78 is 0. The van der Waals surface area contributed by atoms with Crippen molar-refractivity contribution in [3.05, 3.63) is 144 Å². The number of rotatable bonds is 3. The van der Waals surface area contributed by atoms with E-state index in [0.29, 0.717) is 5.92 Å². The van der Waals surface area contributed by atoms with Gasteiger partial charge in [-0.15, -0.1) is 68.6 Å². The Morgan fingerprint density at radius 3 is 1.89 bits per heavy atom. The van der Waals surface area contributed by atoms with Gasteiger partial charge in [-0.05, 0) is 36.3 Å². The van der Waals surface area contributed by atoms with Crippen LogP contribution in [0.5, 0.6) is 0 Å². The van der Waals surface area contributed by atoms with Crippen molar-refractivity contribution in [3.63, 3.8) is 0 Å². The maximum absolute atomic E-state index is 2.42. The first-order chi connectivity index (χ1) is 20.4. The third-order valence-corrected chi connectivity index (χ3v) is 7.93. The number of benzene rings is 4. The van der Waals surface area contributed by atoms with E-state index in [9.17, 15) is 0 Å². The predicted octanol–water partition coefficient (Wildman–Crippen LogP) is 5.68. The van der Waals surface area contributed by atoms with Gasteiger partial charge in [-0.2, -0.15) is 12.1 Å². The van der Waals surface area contributed by atoms with Crippen molar-refractivity contribution >= 4 is 27.0 Å². The number of hydrogen-bond donors (Lipinski definition) is 0. The van der Waals surface area contributed by atoms with Crippen molar-refractivity contribution in [1.82, 2.24) is 0 Å². The van der Waals surface area contributed by atoms with Gasteiger partial charge in [0.2, 0.25) is 0 Å². The second kappa shape index (κ2) is 17.3. The minimum absolute atomic E-state index is 0. The summed E-state index contributed by atoms with van der Waals surface area (Å²) in [5, 5.41) is 5.52. The molecular weight excluding hydrogens is 671 g/mol. The molecule has 0 fully saturated rings. The second-order valence-corrected chi connectivity index (χ2v) is 21.0. The SMILES string of the molecule is C1=CCC(c2cc3c(-c4ccccc4)cccc3[cH-]2)CC1.C[Si](C)=[Zr+2].Cc1cc2c(-c3ccccc3)ccc(C)c2[cH-]1.[Cl-].[Cl-]. The van der Waals surface area contributed by atoms with Crippen molar-refractivity contribution in [2.24, 2.45) is 0 Å². The van der Waals surface area contributed by atoms with Crippen LogP contribution in [-0.4, -0.2) is 5.43 Å². The van der Waals surface area contributed by atoms with Gasteiger partial charge in [-0.25, -0.2) is 0 Å². The van der Waals surface area contributed by atoms with E-state index in [0.717, 1.165) is 0 Å². The summed E-state index contributed by atoms with van der Waals surface area (Å²) in [4.78, 5) is 0. The van der Waals surface area contributed by atoms with E-state index < -0.39 is 0 Å². The van der Waals surface area contributed by atoms with Crippen LogP contribution in [0.15, 0.2) is 127 Å². The average Bonchev–Trinajstić information content (AvgIpc) is 3.63. The van der Waals surface area contributed by atoms with Crippen molar-refractivity contribution in [3.8, 4) is 22.3 Å². The zero-order valence-electron chi connectivity index (χ0n) is 26.1. The topological polar surface area (TPSA) is 0 Å². The quantitative estimate of drug-likeness (QED) is 0.126. The van der Waals surface area contributed by atoms with Gasteiger partial charge in [0, 0.05) is 0 Å². The molecule has 1 aliphatic carbocycles. The molecule has 44 heavy (non-hydrogen) atoms. The van der Waals surface area contributed by atoms with Crippen LogP contribution in [0.1, 0.15) is 41.9 Å². The van der Waals surface area contributed by atoms with E-state index in [4.69, 9.17) is 0 Å². The Labute approximate surface area is 291 Å². The van der Waals surface area contributed by atoms with Gasteiger partial charge < -0.3 is 24.8 Å². The van der Waals surface area contributed by atoms with Crippen LogP contribution in [0.3, 0.4) is 0 Å². The van der Waals surface area contributed by atoms with E-state index in [1.165, 1.54) is 79.8 Å². The average molecular weight is 711 g/mol. The van der Waals surface area contributed by atoms with E-state index in [1.807, 2.05) is 0 Å². The molecule has 0 nitrogen and oxygen atoms in total. The summed E-state index contributed by atoms with van der Waals surface area (Å²) >= 11 is 1.74. The zero-order chi connectivity index (χ0) is 29.5. The van der Waals surface area contributed by atoms with Gasteiger partial charge in [0.1, 0.15) is 0 Å². The minimum atomic E-state index is 0. The smallest absolute Gasteiger partial charge is 0.0279 e. The molecule has 4 heteroatoms. The summed E-state index contributed by atoms with van der Waals surface area (Å²) in [6.07, 6.45) is 8.35. The van der Waals surface area contributed by atoms with Crippen molar-refractivity contribution in [2.45, 2.75) is 52.1 Å². The van der Waals surface area contributed by atoms with Crippen molar-refractivity contribution in [1.29, 1.82) is 0 Å². The molecule has 0 saturated carbocycles. The van der Waals surface area contributed by atoms with Crippen molar-refractivity contribution in [2.75, 3.05) is 0 Å². The molecule has 1 aliphatic rings. The van der Waals surface area contributed by atoms with Crippen LogP contribution in [0.2, 0.25) is 13.1 Å². The van der Waals surface area contributed by atoms with Gasteiger partial charge >= 0.3 is 41.9 Å². The summed E-state index contributed by atoms with van der Waals surface area (Å²) in [5.41, 5.74) is 9.70. The summed E-state index contributed by atoms with van der Waals surface area (Å²) in [5.74, 6) is 0.700. The molecule has 0 bridgehead atoms. The number of allylic oxidation sites excluding steroid dienone is 2. The van der Waals surface area contributed by atoms with Crippen molar-refractivity contribution < 1.29 is 48.1 Å². The Hall–Kier alpha value is -2.48. The first-order valence-corrected chi connectivity index (χ1v) is 21.2. The van der Waals surface area contributed by atoms with Crippen LogP contribution < -0.4 is 24.8 Å². The summed E-state index contributed by atoms with van der Waals surface area (Å²) in [7, 11) is 0. The van der Waals surface area contributed by atoms with Crippen LogP contribution in [0.25, 0.3) is 43.8 Å². The van der Waals surface area contributed by atoms with E-state index in [-0.39, 0.29) is 30.2 Å². The van der Waals surface area contributed by atoms with Gasteiger partial charge in [0.25, 0.3) is 0 Å². The fourth-order valence-electron chi connectivity index (χ4n) is 5.92. The monoisotopic (exact) mass is 708 g/mol. The number of hydrogen-bond acceptors (Lipinski definition) is 0. The number of fused-ring (bicyclic) bond motifs is 2. The van der Waals surface area contributed by atoms with Gasteiger partial charge in [-0.1, -0.05) is 110 Å². The summed E-state index contributed by atoms with van der Waals surface area (Å²) in [6.45, 7) is 8.96. The first kappa shape index (κ1) is 36.0. The van der Waals surface area contributed by atoms with Gasteiger partial charge in [0.05, 0.1) is 0 Å². The Bertz CT molecular complexity index is 1810. The van der Waals surface area contributed by atoms with Crippen LogP contribution >= 0.6 is 0 Å². The minimum Gasteiger partial charge on any atom is -1.00 e. The largest absolute Gasteiger partial charge is 1.00 e. The Kier molecular flexibility index (Phi) is 14.1. The van der Waals surface area contributed by atoms with E-state index in [1.54, 1.807) is 23.3 Å². The van der Waals surface area contributed by atoms with Crippen LogP contribution in [-0.2, 0) is 23.3 Å². The molecule has 1 atom stereocenters. The normalized spacial score (nSPS) is 13.5. The van der Waals surface area contributed by atoms with Gasteiger partial charge in [-0.3, -0.25) is 0 Å². The molecule has 0 amide bonds. The summed E-state index contributed by atoms with van der Waals surface area (Å²) in [6, 6.07) is 41.8. The molecule has 0 radical (unpaired) electrons. The molecule has 0 aliphatic heterocycles. The first-order valence-electron chi connectivity index (χ1n) is 15.0. The maximum Gasteiger partial charge on any atom is -0.0279 e. The molecule has 1 unspecified atom stereocenters. The molecule has 224 valence electrons. The fourth-order valence-corrected chi connectivity index (χ4v) is 5.92. The molecule has 0 aromatic heterocycles. The molecule has 0 N–H and O–H groups in total. The number of halogens is 2. The fraction of sp³-hybridized carbons (Fsp3) is 0.200. The molecule has 0 heterocycles. The Morgan fingerprint density at radius 1 is 0.682 bits per heavy atom. The molecular formula is C40H40Cl2SiZr-2. The van der Waals surface area contributed by atoms with Crippen LogP contribution in [0, 0.1) is 13.8 Å². The molecule has 7 rings (SSSR count). The van der Waals surface area contributed by atoms with Crippen LogP contribution in [0.4, 0.5) is 0 Å². The molecule has 6 aromatic rings. The Morgan fingerprint density at radius 2 is 1.30 bits per heavy atom. The third-order valence-electron chi connectivity index (χ3n) is 7.93. The van der Waals surface area contributed by atoms with E-state index in [2.05, 4.69) is 154 Å². The second-order valence-electron chi connectivity index (χ2n) is 11.6. The number of aryl methyl sites for hydroxylation is 2. The molecule has 0 spiro atoms. The van der Waals surface area contributed by atoms with E-state index >= 15 is 0 Å². The molecule has 6 aromatic carbocycles. The maximum atomic E-state index is 2.42. The zero-order valence-corrected chi connectivity index (χ0v) is 31.0. The third kappa shape index (κ3) is 9.04. The van der Waals surface area contributed by atoms with Gasteiger partial charge in [0.15, 0.2) is 0 Å². The Balaban J connectivity index is 0.000000210.